The number of likely N-dealkylation sites (tertiary alicyclic amines) is 2. The van der Waals surface area contributed by atoms with Gasteiger partial charge in [-0.3, -0.25) is 14.6 Å². The van der Waals surface area contributed by atoms with Gasteiger partial charge in [-0.05, 0) is 24.0 Å². The van der Waals surface area contributed by atoms with E-state index in [1.165, 1.54) is 22.7 Å². The van der Waals surface area contributed by atoms with Crippen molar-refractivity contribution in [3.63, 3.8) is 0 Å². The molecule has 3 aromatic rings. The van der Waals surface area contributed by atoms with Crippen molar-refractivity contribution in [3.8, 4) is 0 Å². The van der Waals surface area contributed by atoms with Gasteiger partial charge in [0.15, 0.2) is 0 Å². The number of hydrogen-bond acceptors (Lipinski definition) is 7. The van der Waals surface area contributed by atoms with E-state index in [0.717, 1.165) is 29.9 Å². The first kappa shape index (κ1) is 26.5. The molecule has 1 saturated carbocycles. The van der Waals surface area contributed by atoms with Gasteiger partial charge < -0.3 is 14.2 Å². The van der Waals surface area contributed by atoms with Gasteiger partial charge in [0.1, 0.15) is 4.88 Å². The maximum atomic E-state index is 17.1. The van der Waals surface area contributed by atoms with E-state index in [0.29, 0.717) is 4.88 Å². The number of carbonyl (C=O) groups excluding carboxylic acids is 2. The predicted molar refractivity (Wildman–Crippen MR) is 135 cm³/mol. The summed E-state index contributed by atoms with van der Waals surface area (Å²) in [6, 6.07) is 3.24. The first-order valence-electron chi connectivity index (χ1n) is 12.1. The summed E-state index contributed by atoms with van der Waals surface area (Å²) in [7, 11) is 0. The van der Waals surface area contributed by atoms with E-state index >= 15 is 13.2 Å². The van der Waals surface area contributed by atoms with Gasteiger partial charge in [0.05, 0.1) is 33.7 Å². The molecule has 2 amide bonds. The number of hydrogen-bond donors (Lipinski definition) is 0. The minimum Gasteiger partial charge on any atom is -0.416 e. The van der Waals surface area contributed by atoms with Crippen molar-refractivity contribution in [2.45, 2.75) is 31.9 Å². The Morgan fingerprint density at radius 2 is 1.79 bits per heavy atom. The van der Waals surface area contributed by atoms with Crippen LogP contribution in [0.2, 0.25) is 10.0 Å². The Morgan fingerprint density at radius 3 is 2.41 bits per heavy atom. The minimum absolute atomic E-state index is 0.0116. The molecule has 0 radical (unpaired) electrons. The molecule has 0 bridgehead atoms. The number of rotatable bonds is 5. The molecule has 14 heteroatoms. The number of halogens is 5. The van der Waals surface area contributed by atoms with Gasteiger partial charge in [-0.2, -0.15) is 8.78 Å². The summed E-state index contributed by atoms with van der Waals surface area (Å²) in [5, 5.41) is 7.17. The second-order valence-electron chi connectivity index (χ2n) is 11.2. The normalized spacial score (nSPS) is 25.2. The number of amides is 2. The molecule has 2 aromatic heterocycles. The fourth-order valence-electron chi connectivity index (χ4n) is 5.52. The molecule has 2 atom stereocenters. The highest BCUT2D eigenvalue weighted by Gasteiger charge is 2.70. The average Bonchev–Trinajstić information content (AvgIpc) is 3.37. The van der Waals surface area contributed by atoms with E-state index in [-0.39, 0.29) is 46.9 Å². The summed E-state index contributed by atoms with van der Waals surface area (Å²) >= 11 is 12.9. The van der Waals surface area contributed by atoms with E-state index in [4.69, 9.17) is 27.6 Å². The average molecular weight is 600 g/mol. The van der Waals surface area contributed by atoms with Crippen molar-refractivity contribution < 1.29 is 27.2 Å². The zero-order valence-corrected chi connectivity index (χ0v) is 23.1. The van der Waals surface area contributed by atoms with E-state index in [1.807, 2.05) is 13.8 Å². The van der Waals surface area contributed by atoms with Crippen molar-refractivity contribution >= 4 is 46.4 Å². The Hall–Kier alpha value is -2.70. The zero-order chi connectivity index (χ0) is 28.0. The van der Waals surface area contributed by atoms with Crippen LogP contribution in [0.1, 0.15) is 47.3 Å². The zero-order valence-electron chi connectivity index (χ0n) is 20.8. The van der Waals surface area contributed by atoms with Crippen LogP contribution in [0.5, 0.6) is 0 Å². The first-order chi connectivity index (χ1) is 18.3. The molecule has 3 fully saturated rings. The highest BCUT2D eigenvalue weighted by atomic mass is 35.5. The van der Waals surface area contributed by atoms with Crippen molar-refractivity contribution in [3.05, 3.63) is 62.2 Å². The Bertz CT molecular complexity index is 1480. The molecule has 0 N–H and O–H groups in total. The summed E-state index contributed by atoms with van der Waals surface area (Å²) in [6.07, 6.45) is 2.12. The van der Waals surface area contributed by atoms with Crippen molar-refractivity contribution in [1.82, 2.24) is 25.0 Å². The van der Waals surface area contributed by atoms with Gasteiger partial charge in [-0.1, -0.05) is 43.1 Å². The smallest absolute Gasteiger partial charge is 0.349 e. The number of carbonyl (C=O) groups is 2. The van der Waals surface area contributed by atoms with Crippen LogP contribution in [0.4, 0.5) is 13.2 Å². The van der Waals surface area contributed by atoms with Gasteiger partial charge in [-0.15, -0.1) is 21.5 Å². The second-order valence-corrected chi connectivity index (χ2v) is 12.9. The molecule has 1 aromatic carbocycles. The Labute approximate surface area is 235 Å². The molecule has 6 rings (SSSR count). The van der Waals surface area contributed by atoms with Gasteiger partial charge >= 0.3 is 5.92 Å². The Balaban J connectivity index is 1.32. The van der Waals surface area contributed by atoms with Gasteiger partial charge in [0, 0.05) is 31.1 Å². The molecule has 1 spiro atoms. The molecule has 3 aliphatic rings. The summed E-state index contributed by atoms with van der Waals surface area (Å²) < 4.78 is 53.0. The fraction of sp³-hybridized carbons (Fsp3) is 0.480. The Kier molecular flexibility index (Phi) is 5.88. The van der Waals surface area contributed by atoms with Crippen LogP contribution in [0.3, 0.4) is 0 Å². The highest BCUT2D eigenvalue weighted by Crippen LogP contribution is 2.58. The van der Waals surface area contributed by atoms with Crippen molar-refractivity contribution in [1.29, 1.82) is 0 Å². The van der Waals surface area contributed by atoms with E-state index in [1.54, 1.807) is 4.90 Å². The van der Waals surface area contributed by atoms with Crippen molar-refractivity contribution in [2.24, 2.45) is 16.7 Å². The predicted octanol–water partition coefficient (Wildman–Crippen LogP) is 5.17. The molecular formula is C25H22Cl2F3N5O3S. The monoisotopic (exact) mass is 599 g/mol. The SMILES string of the molecule is CC1(C)C[C@@H]1C(=O)N1CC2(CN(C(=O)c3cncs3)C[C@]2(F)c2nnc(C(F)(F)c3ccc(Cl)c(Cl)c3)o2)C1. The fourth-order valence-corrected chi connectivity index (χ4v) is 6.40. The highest BCUT2D eigenvalue weighted by molar-refractivity contribution is 7.11. The summed E-state index contributed by atoms with van der Waals surface area (Å²) in [5.74, 6) is -6.28. The largest absolute Gasteiger partial charge is 0.416 e. The lowest BCUT2D eigenvalue weighted by Crippen LogP contribution is -2.66. The van der Waals surface area contributed by atoms with E-state index in [9.17, 15) is 9.59 Å². The topological polar surface area (TPSA) is 92.4 Å². The van der Waals surface area contributed by atoms with Gasteiger partial charge in [0.25, 0.3) is 17.7 Å². The molecule has 8 nitrogen and oxygen atoms in total. The number of nitrogens with zero attached hydrogens (tertiary/aromatic N) is 5. The van der Waals surface area contributed by atoms with Crippen LogP contribution in [0.25, 0.3) is 0 Å². The molecular weight excluding hydrogens is 578 g/mol. The van der Waals surface area contributed by atoms with Crippen LogP contribution in [0, 0.1) is 16.7 Å². The molecule has 0 unspecified atom stereocenters. The van der Waals surface area contributed by atoms with E-state index < -0.39 is 46.8 Å². The van der Waals surface area contributed by atoms with Crippen LogP contribution >= 0.6 is 34.5 Å². The Morgan fingerprint density at radius 1 is 1.10 bits per heavy atom. The third-order valence-electron chi connectivity index (χ3n) is 8.10. The lowest BCUT2D eigenvalue weighted by Gasteiger charge is -2.52. The first-order valence-corrected chi connectivity index (χ1v) is 13.7. The van der Waals surface area contributed by atoms with Gasteiger partial charge in [0.2, 0.25) is 11.6 Å². The van der Waals surface area contributed by atoms with Crippen LogP contribution in [-0.4, -0.2) is 63.0 Å². The molecule has 2 aliphatic heterocycles. The number of aromatic nitrogens is 3. The minimum atomic E-state index is -3.79. The van der Waals surface area contributed by atoms with Crippen LogP contribution < -0.4 is 0 Å². The third kappa shape index (κ3) is 4.05. The molecule has 4 heterocycles. The van der Waals surface area contributed by atoms with Crippen LogP contribution in [-0.2, 0) is 16.4 Å². The van der Waals surface area contributed by atoms with Crippen molar-refractivity contribution in [2.75, 3.05) is 26.2 Å². The lowest BCUT2D eigenvalue weighted by molar-refractivity contribution is -0.157. The quantitative estimate of drug-likeness (QED) is 0.402. The number of benzene rings is 1. The summed E-state index contributed by atoms with van der Waals surface area (Å²) in [5.41, 5.74) is -2.96. The van der Waals surface area contributed by atoms with Gasteiger partial charge in [-0.25, -0.2) is 4.39 Å². The van der Waals surface area contributed by atoms with Crippen LogP contribution in [0.15, 0.2) is 34.3 Å². The molecule has 1 aliphatic carbocycles. The number of thiazole rings is 1. The molecule has 39 heavy (non-hydrogen) atoms. The maximum Gasteiger partial charge on any atom is 0.349 e. The maximum absolute atomic E-state index is 17.1. The molecule has 206 valence electrons. The standard InChI is InChI=1S/C25H22Cl2F3N5O3S/c1-22(2)6-14(22)18(36)34-8-23(9-34)10-35(19(37)17-7-31-12-39-17)11-24(23,28)20-32-33-21(38-20)25(29,30)13-3-4-15(26)16(27)5-13/h3-5,7,12,14H,6,8-11H2,1-2H3/t14-,24+/m1/s1. The molecule has 2 saturated heterocycles. The summed E-state index contributed by atoms with van der Waals surface area (Å²) in [6.45, 7) is 3.40. The third-order valence-corrected chi connectivity index (χ3v) is 9.60. The summed E-state index contributed by atoms with van der Waals surface area (Å²) in [4.78, 5) is 33.2. The van der Waals surface area contributed by atoms with E-state index in [2.05, 4.69) is 15.2 Å². The number of alkyl halides is 3. The second kappa shape index (κ2) is 8.65. The lowest BCUT2D eigenvalue weighted by atomic mass is 9.69.